The monoisotopic (exact) mass is 249 g/mol. The summed E-state index contributed by atoms with van der Waals surface area (Å²) in [4.78, 5) is 0. The molecule has 5 heteroatoms. The van der Waals surface area contributed by atoms with Crippen LogP contribution in [0.1, 0.15) is 32.6 Å². The lowest BCUT2D eigenvalue weighted by molar-refractivity contribution is 0.0778. The van der Waals surface area contributed by atoms with Crippen LogP contribution in [0.5, 0.6) is 0 Å². The third-order valence-corrected chi connectivity index (χ3v) is 4.34. The lowest BCUT2D eigenvalue weighted by Gasteiger charge is -2.29. The van der Waals surface area contributed by atoms with Gasteiger partial charge in [0, 0.05) is 26.3 Å². The molecule has 1 heterocycles. The van der Waals surface area contributed by atoms with E-state index >= 15 is 0 Å². The first-order valence-corrected chi connectivity index (χ1v) is 7.91. The Hall–Kier alpha value is -0.130. The maximum absolute atomic E-state index is 11.3. The molecule has 0 aromatic heterocycles. The molecule has 0 N–H and O–H groups in total. The average Bonchev–Trinajstić information content (AvgIpc) is 2.24. The topological polar surface area (TPSA) is 46.6 Å². The lowest BCUT2D eigenvalue weighted by Crippen LogP contribution is -2.38. The number of piperidine rings is 1. The van der Waals surface area contributed by atoms with E-state index in [4.69, 9.17) is 4.74 Å². The van der Waals surface area contributed by atoms with Gasteiger partial charge in [0.15, 0.2) is 0 Å². The van der Waals surface area contributed by atoms with E-state index in [1.165, 1.54) is 6.26 Å². The predicted molar refractivity (Wildman–Crippen MR) is 64.9 cm³/mol. The third kappa shape index (κ3) is 4.80. The predicted octanol–water partition coefficient (Wildman–Crippen LogP) is 1.47. The summed E-state index contributed by atoms with van der Waals surface area (Å²) in [5, 5.41) is 0. The Balaban J connectivity index is 2.17. The van der Waals surface area contributed by atoms with E-state index in [1.54, 1.807) is 4.31 Å². The molecule has 0 radical (unpaired) electrons. The first kappa shape index (κ1) is 13.9. The molecule has 0 bridgehead atoms. The van der Waals surface area contributed by atoms with Gasteiger partial charge in [-0.25, -0.2) is 12.7 Å². The van der Waals surface area contributed by atoms with Crippen LogP contribution in [0.25, 0.3) is 0 Å². The first-order chi connectivity index (χ1) is 7.54. The van der Waals surface area contributed by atoms with E-state index in [1.807, 2.05) is 0 Å². The van der Waals surface area contributed by atoms with Crippen molar-refractivity contribution in [2.24, 2.45) is 5.92 Å². The van der Waals surface area contributed by atoms with Gasteiger partial charge in [-0.05, 0) is 25.2 Å². The summed E-state index contributed by atoms with van der Waals surface area (Å²) in [5.74, 6) is 0.537. The van der Waals surface area contributed by atoms with Gasteiger partial charge in [-0.15, -0.1) is 0 Å². The van der Waals surface area contributed by atoms with Crippen molar-refractivity contribution in [3.63, 3.8) is 0 Å². The number of hydrogen-bond acceptors (Lipinski definition) is 3. The van der Waals surface area contributed by atoms with Gasteiger partial charge in [0.2, 0.25) is 10.0 Å². The van der Waals surface area contributed by atoms with Gasteiger partial charge < -0.3 is 4.74 Å². The summed E-state index contributed by atoms with van der Waals surface area (Å²) in [6.45, 7) is 5.08. The van der Waals surface area contributed by atoms with Crippen molar-refractivity contribution in [1.82, 2.24) is 4.31 Å². The second-order valence-corrected chi connectivity index (χ2v) is 6.52. The Bertz CT molecular complexity index is 282. The molecule has 1 fully saturated rings. The maximum atomic E-state index is 11.3. The highest BCUT2D eigenvalue weighted by molar-refractivity contribution is 7.88. The van der Waals surface area contributed by atoms with Gasteiger partial charge >= 0.3 is 0 Å². The molecule has 0 amide bonds. The zero-order chi connectivity index (χ0) is 12.0. The van der Waals surface area contributed by atoms with Gasteiger partial charge in [-0.3, -0.25) is 0 Å². The van der Waals surface area contributed by atoms with Crippen molar-refractivity contribution in [1.29, 1.82) is 0 Å². The van der Waals surface area contributed by atoms with Crippen molar-refractivity contribution in [2.45, 2.75) is 32.6 Å². The van der Waals surface area contributed by atoms with Gasteiger partial charge in [0.05, 0.1) is 6.26 Å². The van der Waals surface area contributed by atoms with E-state index in [-0.39, 0.29) is 0 Å². The number of hydrogen-bond donors (Lipinski definition) is 0. The summed E-state index contributed by atoms with van der Waals surface area (Å²) >= 11 is 0. The zero-order valence-corrected chi connectivity index (χ0v) is 11.1. The van der Waals surface area contributed by atoms with Gasteiger partial charge in [0.25, 0.3) is 0 Å². The molecular weight excluding hydrogens is 226 g/mol. The molecular formula is C11H23NO3S. The molecule has 0 atom stereocenters. The highest BCUT2D eigenvalue weighted by atomic mass is 32.2. The molecule has 1 aliphatic rings. The van der Waals surface area contributed by atoms with E-state index in [9.17, 15) is 8.42 Å². The number of rotatable bonds is 6. The normalized spacial score (nSPS) is 20.1. The minimum atomic E-state index is -2.99. The highest BCUT2D eigenvalue weighted by Gasteiger charge is 2.24. The molecule has 0 aromatic carbocycles. The summed E-state index contributed by atoms with van der Waals surface area (Å²) in [5.41, 5.74) is 0. The fourth-order valence-electron chi connectivity index (χ4n) is 1.90. The quantitative estimate of drug-likeness (QED) is 0.670. The largest absolute Gasteiger partial charge is 0.381 e. The van der Waals surface area contributed by atoms with Gasteiger partial charge in [-0.2, -0.15) is 0 Å². The Morgan fingerprint density at radius 3 is 2.44 bits per heavy atom. The molecule has 0 unspecified atom stereocenters. The van der Waals surface area contributed by atoms with Crippen LogP contribution < -0.4 is 0 Å². The second kappa shape index (κ2) is 6.57. The SMILES string of the molecule is CCCCOCC1CCN(S(C)(=O)=O)CC1. The van der Waals surface area contributed by atoms with Crippen molar-refractivity contribution in [3.05, 3.63) is 0 Å². The number of nitrogens with zero attached hydrogens (tertiary/aromatic N) is 1. The Labute approximate surface area is 99.0 Å². The number of sulfonamides is 1. The summed E-state index contributed by atoms with van der Waals surface area (Å²) < 4.78 is 29.7. The molecule has 0 saturated carbocycles. The van der Waals surface area contributed by atoms with Crippen LogP contribution in [-0.2, 0) is 14.8 Å². The Kier molecular flexibility index (Phi) is 5.72. The van der Waals surface area contributed by atoms with Crippen LogP contribution >= 0.6 is 0 Å². The minimum Gasteiger partial charge on any atom is -0.381 e. The molecule has 96 valence electrons. The number of unbranched alkanes of at least 4 members (excludes halogenated alkanes) is 1. The fraction of sp³-hybridized carbons (Fsp3) is 1.00. The zero-order valence-electron chi connectivity index (χ0n) is 10.3. The number of ether oxygens (including phenoxy) is 1. The van der Waals surface area contributed by atoms with E-state index < -0.39 is 10.0 Å². The Morgan fingerprint density at radius 1 is 1.31 bits per heavy atom. The van der Waals surface area contributed by atoms with Crippen LogP contribution in [0.15, 0.2) is 0 Å². The smallest absolute Gasteiger partial charge is 0.211 e. The summed E-state index contributed by atoms with van der Waals surface area (Å²) in [6.07, 6.45) is 5.41. The van der Waals surface area contributed by atoms with Crippen molar-refractivity contribution >= 4 is 10.0 Å². The van der Waals surface area contributed by atoms with Gasteiger partial charge in [-0.1, -0.05) is 13.3 Å². The standard InChI is InChI=1S/C11H23NO3S/c1-3-4-9-15-10-11-5-7-12(8-6-11)16(2,13)14/h11H,3-10H2,1-2H3. The Morgan fingerprint density at radius 2 is 1.94 bits per heavy atom. The van der Waals surface area contributed by atoms with Crippen molar-refractivity contribution in [2.75, 3.05) is 32.6 Å². The van der Waals surface area contributed by atoms with E-state index in [2.05, 4.69) is 6.92 Å². The molecule has 0 aliphatic carbocycles. The molecule has 1 aliphatic heterocycles. The molecule has 0 spiro atoms. The van der Waals surface area contributed by atoms with E-state index in [0.717, 1.165) is 38.9 Å². The minimum absolute atomic E-state index is 0.537. The lowest BCUT2D eigenvalue weighted by atomic mass is 9.99. The molecule has 4 nitrogen and oxygen atoms in total. The van der Waals surface area contributed by atoms with Crippen LogP contribution in [0.4, 0.5) is 0 Å². The summed E-state index contributed by atoms with van der Waals surface area (Å²) in [7, 11) is -2.99. The molecule has 1 rings (SSSR count). The first-order valence-electron chi connectivity index (χ1n) is 6.07. The molecule has 0 aromatic rings. The molecule has 1 saturated heterocycles. The van der Waals surface area contributed by atoms with Gasteiger partial charge in [0.1, 0.15) is 0 Å². The third-order valence-electron chi connectivity index (χ3n) is 3.04. The molecule has 16 heavy (non-hydrogen) atoms. The maximum Gasteiger partial charge on any atom is 0.211 e. The van der Waals surface area contributed by atoms with Crippen molar-refractivity contribution in [3.8, 4) is 0 Å². The highest BCUT2D eigenvalue weighted by Crippen LogP contribution is 2.19. The fourth-order valence-corrected chi connectivity index (χ4v) is 2.78. The van der Waals surface area contributed by atoms with Crippen LogP contribution in [0.2, 0.25) is 0 Å². The van der Waals surface area contributed by atoms with Crippen molar-refractivity contribution < 1.29 is 13.2 Å². The van der Waals surface area contributed by atoms with E-state index in [0.29, 0.717) is 19.0 Å². The van der Waals surface area contributed by atoms with Crippen LogP contribution in [0, 0.1) is 5.92 Å². The average molecular weight is 249 g/mol. The van der Waals surface area contributed by atoms with Crippen LogP contribution in [0.3, 0.4) is 0 Å². The summed E-state index contributed by atoms with van der Waals surface area (Å²) in [6, 6.07) is 0. The second-order valence-electron chi connectivity index (χ2n) is 4.53. The van der Waals surface area contributed by atoms with Crippen LogP contribution in [-0.4, -0.2) is 45.3 Å².